The van der Waals surface area contributed by atoms with E-state index in [1.807, 2.05) is 18.2 Å². The zero-order chi connectivity index (χ0) is 18.7. The number of carbonyl (C=O) groups is 1. The number of anilines is 1. The lowest BCUT2D eigenvalue weighted by molar-refractivity contribution is -0.113. The second-order valence-corrected chi connectivity index (χ2v) is 7.89. The molecule has 8 heteroatoms. The number of amidine groups is 1. The van der Waals surface area contributed by atoms with Crippen LogP contribution in [0.25, 0.3) is 6.08 Å². The number of nitrogens with one attached hydrogen (secondary N) is 1. The van der Waals surface area contributed by atoms with Gasteiger partial charge in [-0.1, -0.05) is 19.9 Å². The number of methoxy groups -OCH3 is 1. The second kappa shape index (κ2) is 7.92. The van der Waals surface area contributed by atoms with Gasteiger partial charge in [-0.3, -0.25) is 10.2 Å². The summed E-state index contributed by atoms with van der Waals surface area (Å²) in [5.74, 6) is 1.46. The van der Waals surface area contributed by atoms with Crippen LogP contribution >= 0.6 is 23.1 Å². The third-order valence-electron chi connectivity index (χ3n) is 3.49. The lowest BCUT2D eigenvalue weighted by Gasteiger charge is -2.13. The number of thiazole rings is 1. The molecule has 1 aromatic heterocycles. The highest BCUT2D eigenvalue weighted by Crippen LogP contribution is 2.37. The van der Waals surface area contributed by atoms with Crippen LogP contribution in [-0.4, -0.2) is 29.8 Å². The van der Waals surface area contributed by atoms with Gasteiger partial charge in [0.1, 0.15) is 0 Å². The van der Waals surface area contributed by atoms with Crippen molar-refractivity contribution in [3.05, 3.63) is 40.2 Å². The number of hydrogen-bond donors (Lipinski definition) is 1. The first kappa shape index (κ1) is 18.5. The van der Waals surface area contributed by atoms with Crippen LogP contribution in [-0.2, 0) is 4.79 Å². The number of ether oxygens (including phenoxy) is 2. The molecule has 26 heavy (non-hydrogen) atoms. The normalized spacial score (nSPS) is 16.0. The number of amides is 1. The Morgan fingerprint density at radius 1 is 1.35 bits per heavy atom. The predicted molar refractivity (Wildman–Crippen MR) is 106 cm³/mol. The molecule has 0 aliphatic carbocycles. The van der Waals surface area contributed by atoms with Gasteiger partial charge in [0.2, 0.25) is 0 Å². The van der Waals surface area contributed by atoms with E-state index in [0.717, 1.165) is 17.3 Å². The van der Waals surface area contributed by atoms with E-state index in [-0.39, 0.29) is 11.1 Å². The smallest absolute Gasteiger partial charge is 0.273 e. The second-order valence-electron chi connectivity index (χ2n) is 5.99. The van der Waals surface area contributed by atoms with Gasteiger partial charge in [0.15, 0.2) is 21.8 Å². The molecule has 1 aromatic carbocycles. The molecule has 0 saturated carbocycles. The number of nitrogens with zero attached hydrogens (tertiary/aromatic N) is 2. The summed E-state index contributed by atoms with van der Waals surface area (Å²) in [5, 5.41) is 10.5. The Balaban J connectivity index is 1.83. The van der Waals surface area contributed by atoms with Gasteiger partial charge in [0.25, 0.3) is 5.91 Å². The fourth-order valence-corrected chi connectivity index (χ4v) is 3.83. The van der Waals surface area contributed by atoms with Crippen molar-refractivity contribution >= 4 is 45.4 Å². The first-order valence-electron chi connectivity index (χ1n) is 8.02. The molecule has 3 rings (SSSR count). The van der Waals surface area contributed by atoms with Gasteiger partial charge in [-0.05, 0) is 41.5 Å². The van der Waals surface area contributed by atoms with E-state index in [0.29, 0.717) is 34.1 Å². The van der Waals surface area contributed by atoms with E-state index < -0.39 is 0 Å². The Hall–Kier alpha value is -2.32. The molecule has 136 valence electrons. The highest BCUT2D eigenvalue weighted by molar-refractivity contribution is 8.19. The highest BCUT2D eigenvalue weighted by Gasteiger charge is 2.35. The molecule has 1 aliphatic heterocycles. The summed E-state index contributed by atoms with van der Waals surface area (Å²) in [4.78, 5) is 18.5. The molecule has 1 fully saturated rings. The summed E-state index contributed by atoms with van der Waals surface area (Å²) in [5.41, 5.74) is 0.809. The maximum Gasteiger partial charge on any atom is 0.273 e. The lowest BCUT2D eigenvalue weighted by atomic mass is 10.1. The first-order chi connectivity index (χ1) is 12.5. The molecule has 0 spiro atoms. The third kappa shape index (κ3) is 3.91. The summed E-state index contributed by atoms with van der Waals surface area (Å²) in [6.45, 7) is 4.76. The van der Waals surface area contributed by atoms with Crippen molar-refractivity contribution in [3.8, 4) is 11.5 Å². The molecule has 1 aliphatic rings. The van der Waals surface area contributed by atoms with Crippen molar-refractivity contribution in [3.63, 3.8) is 0 Å². The van der Waals surface area contributed by atoms with Crippen LogP contribution in [0.3, 0.4) is 0 Å². The minimum atomic E-state index is -0.242. The average Bonchev–Trinajstić information content (AvgIpc) is 3.22. The van der Waals surface area contributed by atoms with Gasteiger partial charge < -0.3 is 9.47 Å². The van der Waals surface area contributed by atoms with E-state index in [2.05, 4.69) is 18.8 Å². The molecule has 1 amide bonds. The fraction of sp³-hybridized carbons (Fsp3) is 0.278. The zero-order valence-electron chi connectivity index (χ0n) is 14.7. The van der Waals surface area contributed by atoms with E-state index in [1.54, 1.807) is 24.8 Å². The van der Waals surface area contributed by atoms with Gasteiger partial charge in [-0.25, -0.2) is 9.88 Å². The topological polar surface area (TPSA) is 75.5 Å². The quantitative estimate of drug-likeness (QED) is 0.748. The third-order valence-corrected chi connectivity index (χ3v) is 5.14. The number of aromatic nitrogens is 1. The number of rotatable bonds is 6. The molecular weight excluding hydrogens is 370 g/mol. The monoisotopic (exact) mass is 389 g/mol. The molecule has 0 radical (unpaired) electrons. The summed E-state index contributed by atoms with van der Waals surface area (Å²) >= 11 is 2.45. The Labute approximate surface area is 160 Å². The maximum absolute atomic E-state index is 12.6. The summed E-state index contributed by atoms with van der Waals surface area (Å²) < 4.78 is 11.2. The number of thioether (sulfide) groups is 1. The molecule has 0 unspecified atom stereocenters. The van der Waals surface area contributed by atoms with Crippen LogP contribution < -0.4 is 14.4 Å². The Kier molecular flexibility index (Phi) is 5.63. The van der Waals surface area contributed by atoms with E-state index in [4.69, 9.17) is 14.9 Å². The first-order valence-corrected chi connectivity index (χ1v) is 9.72. The van der Waals surface area contributed by atoms with Crippen molar-refractivity contribution in [2.75, 3.05) is 18.6 Å². The minimum absolute atomic E-state index is 0.153. The zero-order valence-corrected chi connectivity index (χ0v) is 16.3. The van der Waals surface area contributed by atoms with Crippen molar-refractivity contribution in [2.24, 2.45) is 5.92 Å². The van der Waals surface area contributed by atoms with Crippen LogP contribution in [0, 0.1) is 11.3 Å². The van der Waals surface area contributed by atoms with Crippen LogP contribution in [0.2, 0.25) is 0 Å². The van der Waals surface area contributed by atoms with E-state index >= 15 is 0 Å². The van der Waals surface area contributed by atoms with Crippen molar-refractivity contribution in [1.29, 1.82) is 5.41 Å². The van der Waals surface area contributed by atoms with Gasteiger partial charge >= 0.3 is 0 Å². The maximum atomic E-state index is 12.6. The van der Waals surface area contributed by atoms with Crippen molar-refractivity contribution in [1.82, 2.24) is 4.98 Å². The summed E-state index contributed by atoms with van der Waals surface area (Å²) in [6, 6.07) is 5.53. The van der Waals surface area contributed by atoms with Gasteiger partial charge in [0.05, 0.1) is 18.6 Å². The molecule has 2 heterocycles. The molecular formula is C18H19N3O3S2. The fourth-order valence-electron chi connectivity index (χ4n) is 2.29. The number of hydrogen-bond acceptors (Lipinski definition) is 7. The molecule has 2 aromatic rings. The predicted octanol–water partition coefficient (Wildman–Crippen LogP) is 4.24. The average molecular weight is 390 g/mol. The van der Waals surface area contributed by atoms with Crippen LogP contribution in [0.1, 0.15) is 19.4 Å². The standard InChI is InChI=1S/C18H19N3O3S2/c1-11(2)10-24-13-5-4-12(8-14(13)23-3)9-15-16(22)21(17(19)26-15)18-20-6-7-25-18/h4-9,11,19H,10H2,1-3H3/b15-9-,19-17?. The van der Waals surface area contributed by atoms with Crippen LogP contribution in [0.15, 0.2) is 34.7 Å². The van der Waals surface area contributed by atoms with Gasteiger partial charge in [-0.2, -0.15) is 0 Å². The molecule has 6 nitrogen and oxygen atoms in total. The number of carbonyl (C=O) groups excluding carboxylic acids is 1. The molecule has 1 saturated heterocycles. The Morgan fingerprint density at radius 2 is 2.15 bits per heavy atom. The van der Waals surface area contributed by atoms with Crippen LogP contribution in [0.5, 0.6) is 11.5 Å². The van der Waals surface area contributed by atoms with Crippen LogP contribution in [0.4, 0.5) is 5.13 Å². The Bertz CT molecular complexity index is 847. The highest BCUT2D eigenvalue weighted by atomic mass is 32.2. The SMILES string of the molecule is COc1cc(/C=C2\SC(=N)N(c3nccs3)C2=O)ccc1OCC(C)C. The molecule has 1 N–H and O–H groups in total. The molecule has 0 bridgehead atoms. The van der Waals surface area contributed by atoms with E-state index in [9.17, 15) is 4.79 Å². The van der Waals surface area contributed by atoms with Gasteiger partial charge in [0, 0.05) is 11.6 Å². The molecule has 0 atom stereocenters. The largest absolute Gasteiger partial charge is 0.493 e. The van der Waals surface area contributed by atoms with Crippen molar-refractivity contribution in [2.45, 2.75) is 13.8 Å². The lowest BCUT2D eigenvalue weighted by Crippen LogP contribution is -2.27. The summed E-state index contributed by atoms with van der Waals surface area (Å²) in [7, 11) is 1.59. The Morgan fingerprint density at radius 3 is 2.81 bits per heavy atom. The number of benzene rings is 1. The van der Waals surface area contributed by atoms with Gasteiger partial charge in [-0.15, -0.1) is 11.3 Å². The summed E-state index contributed by atoms with van der Waals surface area (Å²) in [6.07, 6.45) is 3.37. The van der Waals surface area contributed by atoms with E-state index in [1.165, 1.54) is 16.2 Å². The minimum Gasteiger partial charge on any atom is -0.493 e. The van der Waals surface area contributed by atoms with Crippen molar-refractivity contribution < 1.29 is 14.3 Å².